The topological polar surface area (TPSA) is 29.5 Å². The van der Waals surface area contributed by atoms with Crippen molar-refractivity contribution in [2.24, 2.45) is 0 Å². The maximum absolute atomic E-state index is 13.8. The monoisotopic (exact) mass is 240 g/mol. The van der Waals surface area contributed by atoms with Gasteiger partial charge in [0, 0.05) is 18.3 Å². The number of halogens is 4. The van der Waals surface area contributed by atoms with Gasteiger partial charge in [-0.1, -0.05) is 0 Å². The summed E-state index contributed by atoms with van der Waals surface area (Å²) >= 11 is 0. The molecule has 1 aliphatic rings. The zero-order valence-corrected chi connectivity index (χ0v) is 8.86. The average molecular weight is 240 g/mol. The van der Waals surface area contributed by atoms with E-state index in [1.807, 2.05) is 0 Å². The standard InChI is InChI=1S/C10H12F4O2/c1-10(14)6(3-15)8(12)7(11)5(4-16-2)9(10)13/h9,15H,3-4H2,1-2H3. The molecule has 0 bridgehead atoms. The van der Waals surface area contributed by atoms with Crippen molar-refractivity contribution in [3.63, 3.8) is 0 Å². The van der Waals surface area contributed by atoms with E-state index in [0.29, 0.717) is 0 Å². The molecule has 0 heterocycles. The van der Waals surface area contributed by atoms with Gasteiger partial charge in [-0.05, 0) is 6.92 Å². The maximum Gasteiger partial charge on any atom is 0.169 e. The van der Waals surface area contributed by atoms with Crippen LogP contribution < -0.4 is 0 Å². The Morgan fingerprint density at radius 3 is 2.38 bits per heavy atom. The van der Waals surface area contributed by atoms with Gasteiger partial charge in [0.1, 0.15) is 0 Å². The van der Waals surface area contributed by atoms with Crippen molar-refractivity contribution in [2.45, 2.75) is 18.8 Å². The van der Waals surface area contributed by atoms with Gasteiger partial charge < -0.3 is 9.84 Å². The van der Waals surface area contributed by atoms with E-state index in [4.69, 9.17) is 5.11 Å². The van der Waals surface area contributed by atoms with Crippen molar-refractivity contribution in [3.8, 4) is 0 Å². The minimum Gasteiger partial charge on any atom is -0.392 e. The fourth-order valence-electron chi connectivity index (χ4n) is 1.60. The van der Waals surface area contributed by atoms with Crippen LogP contribution in [-0.2, 0) is 4.74 Å². The van der Waals surface area contributed by atoms with Crippen molar-refractivity contribution in [3.05, 3.63) is 22.8 Å². The highest BCUT2D eigenvalue weighted by atomic mass is 19.2. The van der Waals surface area contributed by atoms with Crippen LogP contribution >= 0.6 is 0 Å². The van der Waals surface area contributed by atoms with Crippen LogP contribution in [0, 0.1) is 0 Å². The van der Waals surface area contributed by atoms with Crippen LogP contribution in [0.5, 0.6) is 0 Å². The van der Waals surface area contributed by atoms with E-state index in [1.54, 1.807) is 0 Å². The third kappa shape index (κ3) is 1.87. The lowest BCUT2D eigenvalue weighted by Gasteiger charge is -2.32. The molecule has 2 atom stereocenters. The van der Waals surface area contributed by atoms with E-state index in [1.165, 1.54) is 0 Å². The van der Waals surface area contributed by atoms with Crippen LogP contribution in [0.1, 0.15) is 6.92 Å². The molecule has 0 fully saturated rings. The highest BCUT2D eigenvalue weighted by molar-refractivity contribution is 5.44. The fourth-order valence-corrected chi connectivity index (χ4v) is 1.60. The number of rotatable bonds is 3. The molecule has 0 aromatic heterocycles. The lowest BCUT2D eigenvalue weighted by molar-refractivity contribution is 0.0846. The number of hydrogen-bond acceptors (Lipinski definition) is 2. The Morgan fingerprint density at radius 2 is 1.94 bits per heavy atom. The molecular weight excluding hydrogens is 228 g/mol. The van der Waals surface area contributed by atoms with Crippen LogP contribution in [0.25, 0.3) is 0 Å². The van der Waals surface area contributed by atoms with Crippen LogP contribution in [-0.4, -0.2) is 37.3 Å². The number of methoxy groups -OCH3 is 1. The zero-order valence-electron chi connectivity index (χ0n) is 8.86. The summed E-state index contributed by atoms with van der Waals surface area (Å²) in [5.74, 6) is -3.04. The molecule has 0 saturated heterocycles. The van der Waals surface area contributed by atoms with Crippen LogP contribution in [0.15, 0.2) is 22.8 Å². The Morgan fingerprint density at radius 1 is 1.38 bits per heavy atom. The second-order valence-corrected chi connectivity index (χ2v) is 3.66. The third-order valence-corrected chi connectivity index (χ3v) is 2.57. The predicted molar refractivity (Wildman–Crippen MR) is 49.6 cm³/mol. The molecule has 0 amide bonds. The van der Waals surface area contributed by atoms with E-state index in [-0.39, 0.29) is 0 Å². The minimum atomic E-state index is -2.76. The summed E-state index contributed by atoms with van der Waals surface area (Å²) in [5.41, 5.74) is -4.40. The number of allylic oxidation sites excluding steroid dienone is 2. The van der Waals surface area contributed by atoms with Gasteiger partial charge in [-0.15, -0.1) is 0 Å². The summed E-state index contributed by atoms with van der Waals surface area (Å²) in [6.45, 7) is -0.865. The molecule has 0 radical (unpaired) electrons. The number of aliphatic hydroxyl groups is 1. The van der Waals surface area contributed by atoms with Crippen molar-refractivity contribution in [1.82, 2.24) is 0 Å². The molecule has 1 rings (SSSR count). The molecule has 2 unspecified atom stereocenters. The first-order chi connectivity index (χ1) is 7.37. The van der Waals surface area contributed by atoms with E-state index in [2.05, 4.69) is 4.74 Å². The fraction of sp³-hybridized carbons (Fsp3) is 0.600. The van der Waals surface area contributed by atoms with Gasteiger partial charge in [0.05, 0.1) is 13.2 Å². The molecule has 0 aromatic rings. The molecule has 1 N–H and O–H groups in total. The summed E-state index contributed by atoms with van der Waals surface area (Å²) < 4.78 is 58.5. The van der Waals surface area contributed by atoms with Gasteiger partial charge in [-0.25, -0.2) is 17.6 Å². The van der Waals surface area contributed by atoms with E-state index in [0.717, 1.165) is 14.0 Å². The van der Waals surface area contributed by atoms with Gasteiger partial charge in [-0.2, -0.15) is 0 Å². The zero-order chi connectivity index (χ0) is 12.5. The second-order valence-electron chi connectivity index (χ2n) is 3.66. The van der Waals surface area contributed by atoms with Gasteiger partial charge in [0.15, 0.2) is 23.5 Å². The average Bonchev–Trinajstić information content (AvgIpc) is 2.22. The smallest absolute Gasteiger partial charge is 0.169 e. The molecule has 2 nitrogen and oxygen atoms in total. The molecular formula is C10H12F4O2. The Kier molecular flexibility index (Phi) is 3.75. The highest BCUT2D eigenvalue weighted by Crippen LogP contribution is 2.42. The molecule has 0 aliphatic heterocycles. The quantitative estimate of drug-likeness (QED) is 0.766. The van der Waals surface area contributed by atoms with Crippen molar-refractivity contribution in [2.75, 3.05) is 20.3 Å². The molecule has 16 heavy (non-hydrogen) atoms. The molecule has 0 aromatic carbocycles. The van der Waals surface area contributed by atoms with Crippen molar-refractivity contribution < 1.29 is 27.4 Å². The number of ether oxygens (including phenoxy) is 1. The summed E-state index contributed by atoms with van der Waals surface area (Å²) in [6, 6.07) is 0. The summed E-state index contributed by atoms with van der Waals surface area (Å²) in [7, 11) is 1.16. The van der Waals surface area contributed by atoms with Gasteiger partial charge in [-0.3, -0.25) is 0 Å². The van der Waals surface area contributed by atoms with Crippen LogP contribution in [0.3, 0.4) is 0 Å². The first kappa shape index (κ1) is 13.2. The summed E-state index contributed by atoms with van der Waals surface area (Å²) in [4.78, 5) is 0. The number of aliphatic hydroxyl groups excluding tert-OH is 1. The van der Waals surface area contributed by atoms with Gasteiger partial charge in [0.25, 0.3) is 0 Å². The minimum absolute atomic E-state index is 0.543. The highest BCUT2D eigenvalue weighted by Gasteiger charge is 2.48. The molecule has 0 saturated carbocycles. The molecule has 1 aliphatic carbocycles. The SMILES string of the molecule is COCC1=C(F)C(F)=C(CO)C(C)(F)C1F. The summed E-state index contributed by atoms with van der Waals surface area (Å²) in [5, 5.41) is 8.72. The maximum atomic E-state index is 13.8. The van der Waals surface area contributed by atoms with Crippen molar-refractivity contribution in [1.29, 1.82) is 0 Å². The Labute approximate surface area is 90.2 Å². The second kappa shape index (κ2) is 4.55. The molecule has 6 heteroatoms. The van der Waals surface area contributed by atoms with Crippen molar-refractivity contribution >= 4 is 0 Å². The predicted octanol–water partition coefficient (Wildman–Crippen LogP) is 2.15. The summed E-state index contributed by atoms with van der Waals surface area (Å²) in [6.07, 6.45) is -2.37. The Bertz CT molecular complexity index is 347. The van der Waals surface area contributed by atoms with E-state index in [9.17, 15) is 17.6 Å². The lowest BCUT2D eigenvalue weighted by Crippen LogP contribution is -2.41. The van der Waals surface area contributed by atoms with E-state index < -0.39 is 47.9 Å². The third-order valence-electron chi connectivity index (χ3n) is 2.57. The van der Waals surface area contributed by atoms with Crippen LogP contribution in [0.4, 0.5) is 17.6 Å². The normalized spacial score (nSPS) is 31.3. The largest absolute Gasteiger partial charge is 0.392 e. The van der Waals surface area contributed by atoms with E-state index >= 15 is 0 Å². The number of alkyl halides is 2. The first-order valence-corrected chi connectivity index (χ1v) is 4.58. The van der Waals surface area contributed by atoms with Gasteiger partial charge >= 0.3 is 0 Å². The Hall–Kier alpha value is -0.880. The van der Waals surface area contributed by atoms with Gasteiger partial charge in [0.2, 0.25) is 0 Å². The van der Waals surface area contributed by atoms with Crippen LogP contribution in [0.2, 0.25) is 0 Å². The Balaban J connectivity index is 3.30. The molecule has 92 valence electrons. The lowest BCUT2D eigenvalue weighted by atomic mass is 9.83. The molecule has 0 spiro atoms. The number of hydrogen-bond donors (Lipinski definition) is 1. The first-order valence-electron chi connectivity index (χ1n) is 4.58.